The monoisotopic (exact) mass is 317 g/mol. The maximum atomic E-state index is 11.7. The summed E-state index contributed by atoms with van der Waals surface area (Å²) in [5, 5.41) is 6.93. The highest BCUT2D eigenvalue weighted by molar-refractivity contribution is 7.99. The lowest BCUT2D eigenvalue weighted by Gasteiger charge is -2.07. The number of nitrogens with zero attached hydrogens (tertiary/aromatic N) is 2. The first-order valence-electron chi connectivity index (χ1n) is 7.14. The maximum Gasteiger partial charge on any atom is 0.266 e. The number of carbonyl (C=O) groups excluding carboxylic acids is 1. The zero-order chi connectivity index (χ0) is 15.8. The van der Waals surface area contributed by atoms with Crippen LogP contribution in [0, 0.1) is 6.92 Å². The largest absolute Gasteiger partial charge is 0.354 e. The summed E-state index contributed by atoms with van der Waals surface area (Å²) in [5.41, 5.74) is 0.629. The number of hydrogen-bond acceptors (Lipinski definition) is 4. The van der Waals surface area contributed by atoms with Crippen LogP contribution in [0.3, 0.4) is 0 Å². The summed E-state index contributed by atoms with van der Waals surface area (Å²) >= 11 is 1.65. The van der Waals surface area contributed by atoms with E-state index in [1.807, 2.05) is 37.3 Å². The fourth-order valence-electron chi connectivity index (χ4n) is 1.88. The van der Waals surface area contributed by atoms with Gasteiger partial charge in [-0.1, -0.05) is 18.2 Å². The van der Waals surface area contributed by atoms with Gasteiger partial charge in [-0.2, -0.15) is 5.10 Å². The van der Waals surface area contributed by atoms with Crippen LogP contribution in [0.2, 0.25) is 0 Å². The Bertz CT molecular complexity index is 671. The minimum Gasteiger partial charge on any atom is -0.354 e. The van der Waals surface area contributed by atoms with Gasteiger partial charge in [0.05, 0.1) is 12.2 Å². The average molecular weight is 317 g/mol. The van der Waals surface area contributed by atoms with E-state index in [1.165, 1.54) is 10.7 Å². The van der Waals surface area contributed by atoms with Crippen molar-refractivity contribution in [2.75, 3.05) is 12.3 Å². The molecule has 116 valence electrons. The van der Waals surface area contributed by atoms with Gasteiger partial charge in [0, 0.05) is 29.7 Å². The Hall–Kier alpha value is -2.08. The summed E-state index contributed by atoms with van der Waals surface area (Å²) in [6.07, 6.45) is 0.454. The molecule has 0 aliphatic rings. The molecule has 22 heavy (non-hydrogen) atoms. The minimum absolute atomic E-state index is 0.0101. The molecule has 1 amide bonds. The third kappa shape index (κ3) is 5.37. The summed E-state index contributed by atoms with van der Waals surface area (Å²) in [5.74, 6) is 0.725. The Labute approximate surface area is 133 Å². The molecule has 1 aromatic carbocycles. The molecule has 0 unspecified atom stereocenters. The molecule has 5 nitrogen and oxygen atoms in total. The van der Waals surface area contributed by atoms with Crippen LogP contribution in [0.4, 0.5) is 0 Å². The average Bonchev–Trinajstić information content (AvgIpc) is 2.52. The smallest absolute Gasteiger partial charge is 0.266 e. The van der Waals surface area contributed by atoms with Crippen molar-refractivity contribution in [2.45, 2.75) is 24.8 Å². The second kappa shape index (κ2) is 8.38. The summed E-state index contributed by atoms with van der Waals surface area (Å²) < 4.78 is 1.37. The molecule has 2 aromatic rings. The minimum atomic E-state index is -0.153. The van der Waals surface area contributed by atoms with Crippen LogP contribution < -0.4 is 10.9 Å². The first kappa shape index (κ1) is 16.3. The Morgan fingerprint density at radius 3 is 2.77 bits per heavy atom. The predicted octanol–water partition coefficient (Wildman–Crippen LogP) is 1.85. The maximum absolute atomic E-state index is 11.7. The number of benzene rings is 1. The first-order valence-corrected chi connectivity index (χ1v) is 8.13. The Kier molecular flexibility index (Phi) is 6.21. The number of carbonyl (C=O) groups is 1. The zero-order valence-corrected chi connectivity index (χ0v) is 13.3. The van der Waals surface area contributed by atoms with Crippen LogP contribution in [-0.2, 0) is 11.3 Å². The van der Waals surface area contributed by atoms with E-state index in [2.05, 4.69) is 10.4 Å². The standard InChI is InChI=1S/C16H19N3O2S/c1-13-7-8-16(21)19(18-13)11-10-17-15(20)9-12-22-14-5-3-2-4-6-14/h2-8H,9-12H2,1H3,(H,17,20). The highest BCUT2D eigenvalue weighted by Crippen LogP contribution is 2.17. The molecule has 0 aliphatic carbocycles. The van der Waals surface area contributed by atoms with Gasteiger partial charge in [0.1, 0.15) is 0 Å². The molecule has 6 heteroatoms. The summed E-state index contributed by atoms with van der Waals surface area (Å²) in [6, 6.07) is 13.2. The second-order valence-electron chi connectivity index (χ2n) is 4.80. The van der Waals surface area contributed by atoms with E-state index >= 15 is 0 Å². The van der Waals surface area contributed by atoms with Gasteiger partial charge in [-0.25, -0.2) is 4.68 Å². The highest BCUT2D eigenvalue weighted by Gasteiger charge is 2.03. The number of hydrogen-bond donors (Lipinski definition) is 1. The van der Waals surface area contributed by atoms with Gasteiger partial charge in [-0.05, 0) is 25.1 Å². The third-order valence-corrected chi connectivity index (χ3v) is 4.00. The molecular formula is C16H19N3O2S. The molecule has 0 spiro atoms. The molecule has 1 aromatic heterocycles. The van der Waals surface area contributed by atoms with Crippen molar-refractivity contribution in [1.29, 1.82) is 0 Å². The van der Waals surface area contributed by atoms with Gasteiger partial charge in [0.25, 0.3) is 5.56 Å². The lowest BCUT2D eigenvalue weighted by molar-refractivity contribution is -0.120. The van der Waals surface area contributed by atoms with Crippen LogP contribution in [0.5, 0.6) is 0 Å². The van der Waals surface area contributed by atoms with Crippen LogP contribution in [0.1, 0.15) is 12.1 Å². The van der Waals surface area contributed by atoms with E-state index in [1.54, 1.807) is 17.8 Å². The van der Waals surface area contributed by atoms with Gasteiger partial charge in [0.15, 0.2) is 0 Å². The van der Waals surface area contributed by atoms with Crippen molar-refractivity contribution in [1.82, 2.24) is 15.1 Å². The van der Waals surface area contributed by atoms with Crippen molar-refractivity contribution in [3.63, 3.8) is 0 Å². The van der Waals surface area contributed by atoms with E-state index in [9.17, 15) is 9.59 Å². The molecule has 0 aliphatic heterocycles. The molecule has 0 fully saturated rings. The molecule has 0 saturated heterocycles. The second-order valence-corrected chi connectivity index (χ2v) is 5.97. The predicted molar refractivity (Wildman–Crippen MR) is 88.0 cm³/mol. The van der Waals surface area contributed by atoms with Gasteiger partial charge in [-0.3, -0.25) is 9.59 Å². The number of aromatic nitrogens is 2. The topological polar surface area (TPSA) is 64.0 Å². The van der Waals surface area contributed by atoms with Gasteiger partial charge >= 0.3 is 0 Å². The number of rotatable bonds is 7. The van der Waals surface area contributed by atoms with Crippen molar-refractivity contribution in [3.05, 3.63) is 58.5 Å². The Morgan fingerprint density at radius 2 is 2.00 bits per heavy atom. The molecule has 0 bridgehead atoms. The van der Waals surface area contributed by atoms with Crippen molar-refractivity contribution in [2.24, 2.45) is 0 Å². The van der Waals surface area contributed by atoms with E-state index in [0.717, 1.165) is 16.3 Å². The van der Waals surface area contributed by atoms with E-state index in [0.29, 0.717) is 19.5 Å². The third-order valence-electron chi connectivity index (χ3n) is 2.99. The molecule has 2 rings (SSSR count). The first-order chi connectivity index (χ1) is 10.6. The molecule has 0 atom stereocenters. The normalized spacial score (nSPS) is 10.4. The number of aryl methyl sites for hydroxylation is 1. The Morgan fingerprint density at radius 1 is 1.23 bits per heavy atom. The summed E-state index contributed by atoms with van der Waals surface area (Å²) in [4.78, 5) is 24.5. The van der Waals surface area contributed by atoms with Gasteiger partial charge < -0.3 is 5.32 Å². The zero-order valence-electron chi connectivity index (χ0n) is 12.5. The highest BCUT2D eigenvalue weighted by atomic mass is 32.2. The fraction of sp³-hybridized carbons (Fsp3) is 0.312. The lowest BCUT2D eigenvalue weighted by Crippen LogP contribution is -2.32. The number of nitrogens with one attached hydrogen (secondary N) is 1. The fourth-order valence-corrected chi connectivity index (χ4v) is 2.75. The van der Waals surface area contributed by atoms with E-state index in [4.69, 9.17) is 0 Å². The van der Waals surface area contributed by atoms with Crippen LogP contribution >= 0.6 is 11.8 Å². The van der Waals surface area contributed by atoms with Crippen molar-refractivity contribution in [3.8, 4) is 0 Å². The van der Waals surface area contributed by atoms with Gasteiger partial charge in [-0.15, -0.1) is 11.8 Å². The molecule has 0 radical (unpaired) electrons. The molecule has 1 N–H and O–H groups in total. The van der Waals surface area contributed by atoms with E-state index < -0.39 is 0 Å². The lowest BCUT2D eigenvalue weighted by atomic mass is 10.4. The molecule has 0 saturated carbocycles. The molecular weight excluding hydrogens is 298 g/mol. The van der Waals surface area contributed by atoms with Crippen molar-refractivity contribution < 1.29 is 4.79 Å². The quantitative estimate of drug-likeness (QED) is 0.792. The SMILES string of the molecule is Cc1ccc(=O)n(CCNC(=O)CCSc2ccccc2)n1. The molecule has 1 heterocycles. The van der Waals surface area contributed by atoms with Crippen molar-refractivity contribution >= 4 is 17.7 Å². The summed E-state index contributed by atoms with van der Waals surface area (Å²) in [6.45, 7) is 2.62. The van der Waals surface area contributed by atoms with Crippen LogP contribution in [-0.4, -0.2) is 28.0 Å². The Balaban J connectivity index is 1.67. The van der Waals surface area contributed by atoms with E-state index in [-0.39, 0.29) is 11.5 Å². The number of amides is 1. The van der Waals surface area contributed by atoms with Crippen LogP contribution in [0.15, 0.2) is 52.2 Å². The van der Waals surface area contributed by atoms with Crippen LogP contribution in [0.25, 0.3) is 0 Å². The number of thioether (sulfide) groups is 1. The summed E-state index contributed by atoms with van der Waals surface area (Å²) in [7, 11) is 0. The van der Waals surface area contributed by atoms with Gasteiger partial charge in [0.2, 0.25) is 5.91 Å².